The lowest BCUT2D eigenvalue weighted by Gasteiger charge is -2.10. The molecule has 1 saturated heterocycles. The second-order valence-corrected chi connectivity index (χ2v) is 11.9. The standard InChI is InChI=1S/C30H25N5O5S2/c1-18-4-7-20(8-5-18)29(37)33-22-9-10-24-27(15-22)42-30(34-24)41-26-11-6-19(14-25(26)35(38)39)13-21(16-31)28(36)32-17-23-3-2-12-40-23/h4-11,13-15,23H,2-3,12,17H2,1H3,(H,32,36)(H,33,37)/b21-13+/t23-/m0/s1. The molecule has 1 aromatic heterocycles. The third-order valence-electron chi connectivity index (χ3n) is 6.51. The first-order valence-corrected chi connectivity index (χ1v) is 14.7. The van der Waals surface area contributed by atoms with E-state index in [1.54, 1.807) is 36.4 Å². The lowest BCUT2D eigenvalue weighted by Crippen LogP contribution is -2.32. The van der Waals surface area contributed by atoms with E-state index in [0.717, 1.165) is 34.9 Å². The Hall–Kier alpha value is -4.57. The number of carbonyl (C=O) groups excluding carboxylic acids is 2. The van der Waals surface area contributed by atoms with Crippen LogP contribution in [0.1, 0.15) is 34.3 Å². The van der Waals surface area contributed by atoms with Gasteiger partial charge in [-0.3, -0.25) is 19.7 Å². The number of nitro benzene ring substituents is 1. The van der Waals surface area contributed by atoms with Gasteiger partial charge >= 0.3 is 0 Å². The van der Waals surface area contributed by atoms with Crippen molar-refractivity contribution < 1.29 is 19.2 Å². The minimum atomic E-state index is -0.557. The van der Waals surface area contributed by atoms with E-state index >= 15 is 0 Å². The maximum Gasteiger partial charge on any atom is 0.283 e. The molecule has 1 fully saturated rings. The van der Waals surface area contributed by atoms with E-state index in [2.05, 4.69) is 15.6 Å². The molecule has 1 aliphatic rings. The van der Waals surface area contributed by atoms with Gasteiger partial charge in [-0.05, 0) is 67.8 Å². The normalized spacial score (nSPS) is 14.9. The van der Waals surface area contributed by atoms with Crippen LogP contribution in [0.5, 0.6) is 0 Å². The number of ether oxygens (including phenoxy) is 1. The molecule has 2 amide bonds. The van der Waals surface area contributed by atoms with Crippen LogP contribution in [-0.4, -0.2) is 41.0 Å². The Balaban J connectivity index is 1.31. The lowest BCUT2D eigenvalue weighted by atomic mass is 10.1. The number of carbonyl (C=O) groups is 2. The molecule has 42 heavy (non-hydrogen) atoms. The van der Waals surface area contributed by atoms with Crippen molar-refractivity contribution >= 4 is 62.6 Å². The number of nitro groups is 1. The average Bonchev–Trinajstić information content (AvgIpc) is 3.65. The van der Waals surface area contributed by atoms with Gasteiger partial charge in [-0.25, -0.2) is 4.98 Å². The molecule has 0 spiro atoms. The smallest absolute Gasteiger partial charge is 0.283 e. The highest BCUT2D eigenvalue weighted by molar-refractivity contribution is 8.01. The molecule has 0 radical (unpaired) electrons. The van der Waals surface area contributed by atoms with Crippen LogP contribution in [0.3, 0.4) is 0 Å². The number of fused-ring (bicyclic) bond motifs is 1. The summed E-state index contributed by atoms with van der Waals surface area (Å²) in [6.45, 7) is 2.91. The fraction of sp³-hybridized carbons (Fsp3) is 0.200. The van der Waals surface area contributed by atoms with Crippen LogP contribution in [-0.2, 0) is 9.53 Å². The highest BCUT2D eigenvalue weighted by Crippen LogP contribution is 2.39. The van der Waals surface area contributed by atoms with E-state index in [0.29, 0.717) is 44.7 Å². The Morgan fingerprint density at radius 2 is 2.02 bits per heavy atom. The van der Waals surface area contributed by atoms with Crippen molar-refractivity contribution in [2.75, 3.05) is 18.5 Å². The van der Waals surface area contributed by atoms with Crippen LogP contribution in [0.2, 0.25) is 0 Å². The Morgan fingerprint density at radius 1 is 1.21 bits per heavy atom. The predicted octanol–water partition coefficient (Wildman–Crippen LogP) is 6.12. The topological polar surface area (TPSA) is 147 Å². The van der Waals surface area contributed by atoms with Crippen molar-refractivity contribution in [3.63, 3.8) is 0 Å². The molecule has 4 aromatic rings. The van der Waals surface area contributed by atoms with Crippen molar-refractivity contribution in [3.05, 3.63) is 93.0 Å². The summed E-state index contributed by atoms with van der Waals surface area (Å²) in [6, 6.07) is 19.0. The zero-order valence-electron chi connectivity index (χ0n) is 22.5. The predicted molar refractivity (Wildman–Crippen MR) is 162 cm³/mol. The molecule has 10 nitrogen and oxygen atoms in total. The van der Waals surface area contributed by atoms with Gasteiger partial charge in [-0.2, -0.15) is 5.26 Å². The molecule has 12 heteroatoms. The SMILES string of the molecule is Cc1ccc(C(=O)Nc2ccc3nc(Sc4ccc(/C=C(\C#N)C(=O)NC[C@@H]5CCCO5)cc4[N+](=O)[O-])sc3c2)cc1. The zero-order chi connectivity index (χ0) is 29.6. The quantitative estimate of drug-likeness (QED) is 0.101. The van der Waals surface area contributed by atoms with Crippen LogP contribution >= 0.6 is 23.1 Å². The Kier molecular flexibility index (Phi) is 8.92. The second kappa shape index (κ2) is 12.9. The van der Waals surface area contributed by atoms with Gasteiger partial charge in [0.1, 0.15) is 11.6 Å². The fourth-order valence-electron chi connectivity index (χ4n) is 4.30. The summed E-state index contributed by atoms with van der Waals surface area (Å²) in [7, 11) is 0. The molecule has 212 valence electrons. The molecule has 3 aromatic carbocycles. The van der Waals surface area contributed by atoms with E-state index in [1.807, 2.05) is 31.2 Å². The number of thiazole rings is 1. The fourth-order valence-corrected chi connectivity index (χ4v) is 6.45. The number of anilines is 1. The number of amides is 2. The number of benzene rings is 3. The summed E-state index contributed by atoms with van der Waals surface area (Å²) in [5.41, 5.74) is 2.96. The van der Waals surface area contributed by atoms with Gasteiger partial charge in [-0.1, -0.05) is 35.5 Å². The molecule has 0 bridgehead atoms. The van der Waals surface area contributed by atoms with E-state index < -0.39 is 10.8 Å². The number of hydrogen-bond donors (Lipinski definition) is 2. The molecule has 0 unspecified atom stereocenters. The van der Waals surface area contributed by atoms with Gasteiger partial charge < -0.3 is 15.4 Å². The van der Waals surface area contributed by atoms with Crippen molar-refractivity contribution in [3.8, 4) is 6.07 Å². The van der Waals surface area contributed by atoms with Crippen LogP contribution in [0, 0.1) is 28.4 Å². The first-order valence-electron chi connectivity index (χ1n) is 13.1. The van der Waals surface area contributed by atoms with E-state index in [1.165, 1.54) is 23.5 Å². The zero-order valence-corrected chi connectivity index (χ0v) is 24.1. The first-order chi connectivity index (χ1) is 20.3. The largest absolute Gasteiger partial charge is 0.376 e. The summed E-state index contributed by atoms with van der Waals surface area (Å²) in [5, 5.41) is 27.0. The number of hydrogen-bond acceptors (Lipinski definition) is 9. The van der Waals surface area contributed by atoms with Crippen LogP contribution in [0.15, 0.2) is 75.5 Å². The van der Waals surface area contributed by atoms with Gasteiger partial charge in [0.2, 0.25) is 0 Å². The summed E-state index contributed by atoms with van der Waals surface area (Å²) in [5.74, 6) is -0.781. The Bertz CT molecular complexity index is 1740. The second-order valence-electron chi connectivity index (χ2n) is 9.58. The van der Waals surface area contributed by atoms with E-state index in [4.69, 9.17) is 4.74 Å². The van der Waals surface area contributed by atoms with Crippen LogP contribution in [0.4, 0.5) is 11.4 Å². The van der Waals surface area contributed by atoms with Crippen molar-refractivity contribution in [1.82, 2.24) is 10.3 Å². The molecule has 2 heterocycles. The van der Waals surface area contributed by atoms with Gasteiger partial charge in [-0.15, -0.1) is 11.3 Å². The molecular weight excluding hydrogens is 574 g/mol. The van der Waals surface area contributed by atoms with E-state index in [-0.39, 0.29) is 23.3 Å². The number of rotatable bonds is 9. The number of nitrogens with zero attached hydrogens (tertiary/aromatic N) is 3. The van der Waals surface area contributed by atoms with Crippen LogP contribution in [0.25, 0.3) is 16.3 Å². The minimum Gasteiger partial charge on any atom is -0.376 e. The van der Waals surface area contributed by atoms with Crippen molar-refractivity contribution in [1.29, 1.82) is 5.26 Å². The van der Waals surface area contributed by atoms with Gasteiger partial charge in [0.05, 0.1) is 26.1 Å². The molecule has 0 aliphatic carbocycles. The highest BCUT2D eigenvalue weighted by Gasteiger charge is 2.20. The van der Waals surface area contributed by atoms with Crippen LogP contribution < -0.4 is 10.6 Å². The third-order valence-corrected chi connectivity index (χ3v) is 8.65. The summed E-state index contributed by atoms with van der Waals surface area (Å²) in [4.78, 5) is 41.5. The van der Waals surface area contributed by atoms with Crippen molar-refractivity contribution in [2.45, 2.75) is 35.1 Å². The number of aryl methyl sites for hydroxylation is 1. The molecule has 2 N–H and O–H groups in total. The number of aromatic nitrogens is 1. The maximum absolute atomic E-state index is 12.6. The lowest BCUT2D eigenvalue weighted by molar-refractivity contribution is -0.387. The summed E-state index contributed by atoms with van der Waals surface area (Å²) >= 11 is 2.50. The summed E-state index contributed by atoms with van der Waals surface area (Å²) < 4.78 is 6.89. The number of nitrogens with one attached hydrogen (secondary N) is 2. The molecule has 1 aliphatic heterocycles. The van der Waals surface area contributed by atoms with Gasteiger partial charge in [0.25, 0.3) is 17.5 Å². The van der Waals surface area contributed by atoms with Crippen molar-refractivity contribution in [2.24, 2.45) is 0 Å². The third kappa shape index (κ3) is 7.01. The maximum atomic E-state index is 12.6. The molecule has 1 atom stereocenters. The summed E-state index contributed by atoms with van der Waals surface area (Å²) in [6.07, 6.45) is 3.03. The highest BCUT2D eigenvalue weighted by atomic mass is 32.2. The Morgan fingerprint density at radius 3 is 2.74 bits per heavy atom. The monoisotopic (exact) mass is 599 g/mol. The Labute approximate surface area is 249 Å². The van der Waals surface area contributed by atoms with Gasteiger partial charge in [0.15, 0.2) is 4.34 Å². The number of nitriles is 1. The first kappa shape index (κ1) is 28.9. The molecular formula is C30H25N5O5S2. The average molecular weight is 600 g/mol. The minimum absolute atomic E-state index is 0.0715. The van der Waals surface area contributed by atoms with E-state index in [9.17, 15) is 25.0 Å². The van der Waals surface area contributed by atoms with Gasteiger partial charge in [0, 0.05) is 30.5 Å². The molecule has 0 saturated carbocycles. The molecule has 5 rings (SSSR count).